The summed E-state index contributed by atoms with van der Waals surface area (Å²) < 4.78 is 20.7. The smallest absolute Gasteiger partial charge is 0.365 e. The van der Waals surface area contributed by atoms with Gasteiger partial charge >= 0.3 is 8.25 Å². The molecule has 0 amide bonds. The fourth-order valence-corrected chi connectivity index (χ4v) is 1.79. The minimum Gasteiger partial charge on any atom is -0.426 e. The molecule has 4 nitrogen and oxygen atoms in total. The van der Waals surface area contributed by atoms with Crippen LogP contribution in [-0.4, -0.2) is 11.0 Å². The maximum Gasteiger partial charge on any atom is 0.365 e. The minimum atomic E-state index is -2.94. The van der Waals surface area contributed by atoms with Crippen molar-refractivity contribution in [2.24, 2.45) is 0 Å². The summed E-state index contributed by atoms with van der Waals surface area (Å²) in [4.78, 5) is 8.68. The van der Waals surface area contributed by atoms with E-state index in [4.69, 9.17) is 14.2 Å². The number of ether oxygens (including phenoxy) is 1. The minimum absolute atomic E-state index is 0.00699. The summed E-state index contributed by atoms with van der Waals surface area (Å²) in [5.41, 5.74) is 0.840. The summed E-state index contributed by atoms with van der Waals surface area (Å²) >= 11 is 0. The van der Waals surface area contributed by atoms with Crippen molar-refractivity contribution in [3.63, 3.8) is 0 Å². The first-order chi connectivity index (χ1) is 6.68. The standard InChI is InChI=1S/C9H11O4P/c1-6-9(12-6)7-4-2-3-5-8(7)13-14(10)11/h2-6,9,14H,1H3,(H,10,11). The highest BCUT2D eigenvalue weighted by Gasteiger charge is 2.37. The van der Waals surface area contributed by atoms with Crippen LogP contribution in [0.25, 0.3) is 0 Å². The zero-order valence-corrected chi connectivity index (χ0v) is 8.64. The zero-order chi connectivity index (χ0) is 10.1. The van der Waals surface area contributed by atoms with Crippen LogP contribution in [-0.2, 0) is 9.30 Å². The maximum absolute atomic E-state index is 10.6. The first-order valence-electron chi connectivity index (χ1n) is 4.33. The van der Waals surface area contributed by atoms with Crippen molar-refractivity contribution in [1.82, 2.24) is 0 Å². The van der Waals surface area contributed by atoms with Crippen molar-refractivity contribution < 1.29 is 18.7 Å². The monoisotopic (exact) mass is 214 g/mol. The number of hydrogen-bond donors (Lipinski definition) is 1. The molecule has 76 valence electrons. The molecular weight excluding hydrogens is 203 g/mol. The molecular formula is C9H11O4P. The molecule has 1 N–H and O–H groups in total. The average molecular weight is 214 g/mol. The topological polar surface area (TPSA) is 59.1 Å². The van der Waals surface area contributed by atoms with Crippen LogP contribution in [0.3, 0.4) is 0 Å². The lowest BCUT2D eigenvalue weighted by Crippen LogP contribution is -1.89. The zero-order valence-electron chi connectivity index (χ0n) is 7.64. The van der Waals surface area contributed by atoms with Gasteiger partial charge in [0.15, 0.2) is 0 Å². The lowest BCUT2D eigenvalue weighted by molar-refractivity contribution is 0.375. The molecule has 0 aromatic heterocycles. The molecule has 0 aliphatic carbocycles. The second-order valence-corrected chi connectivity index (χ2v) is 3.90. The SMILES string of the molecule is CC1OC1c1ccccc1O[PH](=O)O. The Kier molecular flexibility index (Phi) is 2.59. The van der Waals surface area contributed by atoms with Gasteiger partial charge in [-0.2, -0.15) is 0 Å². The Morgan fingerprint density at radius 1 is 1.50 bits per heavy atom. The Morgan fingerprint density at radius 2 is 2.14 bits per heavy atom. The Labute approximate surface area is 82.4 Å². The van der Waals surface area contributed by atoms with Crippen molar-refractivity contribution in [1.29, 1.82) is 0 Å². The van der Waals surface area contributed by atoms with Crippen LogP contribution < -0.4 is 4.52 Å². The van der Waals surface area contributed by atoms with E-state index in [0.29, 0.717) is 5.75 Å². The normalized spacial score (nSPS) is 27.0. The lowest BCUT2D eigenvalue weighted by atomic mass is 10.1. The van der Waals surface area contributed by atoms with E-state index in [1.165, 1.54) is 0 Å². The van der Waals surface area contributed by atoms with Gasteiger partial charge in [-0.1, -0.05) is 18.2 Å². The number of para-hydroxylation sites is 1. The molecule has 1 aliphatic rings. The van der Waals surface area contributed by atoms with E-state index in [0.717, 1.165) is 5.56 Å². The van der Waals surface area contributed by atoms with Gasteiger partial charge in [0.05, 0.1) is 6.10 Å². The van der Waals surface area contributed by atoms with Gasteiger partial charge in [-0.3, -0.25) is 0 Å². The van der Waals surface area contributed by atoms with Crippen LogP contribution in [0.5, 0.6) is 5.75 Å². The van der Waals surface area contributed by atoms with E-state index < -0.39 is 8.25 Å². The van der Waals surface area contributed by atoms with Crippen LogP contribution in [0.2, 0.25) is 0 Å². The first-order valence-corrected chi connectivity index (χ1v) is 5.60. The third-order valence-electron chi connectivity index (χ3n) is 2.13. The molecule has 1 aliphatic heterocycles. The Bertz CT molecular complexity index is 366. The molecule has 14 heavy (non-hydrogen) atoms. The van der Waals surface area contributed by atoms with Crippen molar-refractivity contribution in [3.05, 3.63) is 29.8 Å². The molecule has 0 spiro atoms. The highest BCUT2D eigenvalue weighted by atomic mass is 31.1. The lowest BCUT2D eigenvalue weighted by Gasteiger charge is -2.05. The fourth-order valence-electron chi connectivity index (χ4n) is 1.41. The van der Waals surface area contributed by atoms with E-state index >= 15 is 0 Å². The molecule has 3 atom stereocenters. The molecule has 3 unspecified atom stereocenters. The molecule has 0 saturated carbocycles. The Hall–Kier alpha value is -0.830. The second kappa shape index (κ2) is 3.73. The maximum atomic E-state index is 10.6. The molecule has 5 heteroatoms. The highest BCUT2D eigenvalue weighted by Crippen LogP contribution is 2.43. The van der Waals surface area contributed by atoms with Crippen molar-refractivity contribution in [2.75, 3.05) is 0 Å². The van der Waals surface area contributed by atoms with E-state index in [1.807, 2.05) is 19.1 Å². The van der Waals surface area contributed by atoms with Crippen LogP contribution >= 0.6 is 8.25 Å². The van der Waals surface area contributed by atoms with Crippen LogP contribution in [0, 0.1) is 0 Å². The predicted octanol–water partition coefficient (Wildman–Crippen LogP) is 1.91. The van der Waals surface area contributed by atoms with Gasteiger partial charge in [-0.25, -0.2) is 4.57 Å². The van der Waals surface area contributed by atoms with Gasteiger partial charge in [-0.05, 0) is 13.0 Å². The Morgan fingerprint density at radius 3 is 2.71 bits per heavy atom. The summed E-state index contributed by atoms with van der Waals surface area (Å²) in [7, 11) is -2.94. The first kappa shape index (κ1) is 9.71. The van der Waals surface area contributed by atoms with E-state index in [9.17, 15) is 4.57 Å². The molecule has 1 fully saturated rings. The average Bonchev–Trinajstić information content (AvgIpc) is 2.82. The van der Waals surface area contributed by atoms with Crippen LogP contribution in [0.15, 0.2) is 24.3 Å². The van der Waals surface area contributed by atoms with E-state index in [1.54, 1.807) is 12.1 Å². The number of hydrogen-bond acceptors (Lipinski definition) is 3. The number of benzene rings is 1. The fraction of sp³-hybridized carbons (Fsp3) is 0.333. The summed E-state index contributed by atoms with van der Waals surface area (Å²) in [5.74, 6) is 0.438. The van der Waals surface area contributed by atoms with E-state index in [-0.39, 0.29) is 12.2 Å². The highest BCUT2D eigenvalue weighted by molar-refractivity contribution is 7.32. The van der Waals surface area contributed by atoms with Crippen molar-refractivity contribution >= 4 is 8.25 Å². The van der Waals surface area contributed by atoms with Gasteiger partial charge in [-0.15, -0.1) is 0 Å². The second-order valence-electron chi connectivity index (χ2n) is 3.17. The third kappa shape index (κ3) is 1.98. The number of rotatable bonds is 3. The van der Waals surface area contributed by atoms with Gasteiger partial charge in [0.2, 0.25) is 0 Å². The van der Waals surface area contributed by atoms with Gasteiger partial charge in [0, 0.05) is 5.56 Å². The molecule has 0 bridgehead atoms. The summed E-state index contributed by atoms with van der Waals surface area (Å²) in [6.45, 7) is 1.95. The molecule has 1 aromatic rings. The van der Waals surface area contributed by atoms with E-state index in [2.05, 4.69) is 0 Å². The van der Waals surface area contributed by atoms with Crippen molar-refractivity contribution in [2.45, 2.75) is 19.1 Å². The van der Waals surface area contributed by atoms with Crippen molar-refractivity contribution in [3.8, 4) is 5.75 Å². The summed E-state index contributed by atoms with van der Waals surface area (Å²) in [6.07, 6.45) is 0.174. The molecule has 2 rings (SSSR count). The summed E-state index contributed by atoms with van der Waals surface area (Å²) in [5, 5.41) is 0. The van der Waals surface area contributed by atoms with Gasteiger partial charge in [0.1, 0.15) is 11.9 Å². The Balaban J connectivity index is 2.25. The number of epoxide rings is 1. The predicted molar refractivity (Wildman–Crippen MR) is 51.6 cm³/mol. The molecule has 1 aromatic carbocycles. The van der Waals surface area contributed by atoms with Crippen LogP contribution in [0.1, 0.15) is 18.6 Å². The van der Waals surface area contributed by atoms with Gasteiger partial charge in [0.25, 0.3) is 0 Å². The molecule has 1 saturated heterocycles. The largest absolute Gasteiger partial charge is 0.426 e. The quantitative estimate of drug-likeness (QED) is 0.616. The molecule has 1 heterocycles. The summed E-state index contributed by atoms with van der Waals surface area (Å²) in [6, 6.07) is 7.12. The third-order valence-corrected chi connectivity index (χ3v) is 2.53. The molecule has 0 radical (unpaired) electrons. The van der Waals surface area contributed by atoms with Gasteiger partial charge < -0.3 is 14.2 Å². The van der Waals surface area contributed by atoms with Crippen LogP contribution in [0.4, 0.5) is 0 Å².